The molecule has 2 aromatic carbocycles. The second kappa shape index (κ2) is 8.06. The van der Waals surface area contributed by atoms with Gasteiger partial charge in [-0.05, 0) is 49.6 Å². The van der Waals surface area contributed by atoms with Crippen LogP contribution in [-0.4, -0.2) is 41.9 Å². The van der Waals surface area contributed by atoms with Crippen molar-refractivity contribution < 1.29 is 23.9 Å². The second-order valence-electron chi connectivity index (χ2n) is 8.34. The van der Waals surface area contributed by atoms with E-state index in [1.165, 1.54) is 0 Å². The molecule has 0 saturated carbocycles. The van der Waals surface area contributed by atoms with Crippen molar-refractivity contribution in [3.63, 3.8) is 0 Å². The van der Waals surface area contributed by atoms with E-state index in [1.54, 1.807) is 25.1 Å². The summed E-state index contributed by atoms with van der Waals surface area (Å²) >= 11 is 0. The summed E-state index contributed by atoms with van der Waals surface area (Å²) in [6.45, 7) is 8.41. The van der Waals surface area contributed by atoms with Gasteiger partial charge in [0.05, 0.1) is 17.2 Å². The predicted molar refractivity (Wildman–Crippen MR) is 114 cm³/mol. The van der Waals surface area contributed by atoms with E-state index in [2.05, 4.69) is 5.32 Å². The highest BCUT2D eigenvalue weighted by atomic mass is 16.6. The van der Waals surface area contributed by atoms with Crippen LogP contribution in [0.5, 0.6) is 11.5 Å². The van der Waals surface area contributed by atoms with Crippen LogP contribution in [0.2, 0.25) is 0 Å². The number of carbonyl (C=O) groups is 3. The molecule has 2 atom stereocenters. The van der Waals surface area contributed by atoms with Gasteiger partial charge in [-0.15, -0.1) is 0 Å². The summed E-state index contributed by atoms with van der Waals surface area (Å²) in [6.07, 6.45) is 0. The molecule has 2 aliphatic heterocycles. The van der Waals surface area contributed by atoms with Gasteiger partial charge >= 0.3 is 0 Å². The Hall–Kier alpha value is -3.35. The number of nitrogens with one attached hydrogen (secondary N) is 1. The van der Waals surface area contributed by atoms with E-state index in [4.69, 9.17) is 9.47 Å². The molecule has 0 aromatic heterocycles. The molecule has 0 aliphatic carbocycles. The first-order valence-corrected chi connectivity index (χ1v) is 10.5. The molecule has 0 saturated heterocycles. The number of benzene rings is 2. The molecule has 0 fully saturated rings. The molecule has 31 heavy (non-hydrogen) atoms. The molecule has 3 amide bonds. The zero-order chi connectivity index (χ0) is 22.3. The van der Waals surface area contributed by atoms with Crippen molar-refractivity contribution in [3.05, 3.63) is 58.7 Å². The second-order valence-corrected chi connectivity index (χ2v) is 8.34. The minimum Gasteiger partial charge on any atom is -0.486 e. The summed E-state index contributed by atoms with van der Waals surface area (Å²) in [5, 5.41) is 3.01. The van der Waals surface area contributed by atoms with Gasteiger partial charge in [0.2, 0.25) is 5.91 Å². The van der Waals surface area contributed by atoms with Crippen LogP contribution in [0, 0.1) is 12.8 Å². The van der Waals surface area contributed by atoms with E-state index in [0.29, 0.717) is 35.8 Å². The molecule has 7 heteroatoms. The van der Waals surface area contributed by atoms with E-state index in [0.717, 1.165) is 16.0 Å². The monoisotopic (exact) mass is 422 g/mol. The van der Waals surface area contributed by atoms with Crippen molar-refractivity contribution in [1.29, 1.82) is 0 Å². The van der Waals surface area contributed by atoms with Gasteiger partial charge in [-0.2, -0.15) is 0 Å². The highest BCUT2D eigenvalue weighted by molar-refractivity contribution is 6.22. The molecule has 162 valence electrons. The minimum absolute atomic E-state index is 0.0727. The Kier molecular flexibility index (Phi) is 5.43. The summed E-state index contributed by atoms with van der Waals surface area (Å²) in [4.78, 5) is 39.8. The van der Waals surface area contributed by atoms with E-state index < -0.39 is 17.9 Å². The zero-order valence-electron chi connectivity index (χ0n) is 18.1. The average molecular weight is 422 g/mol. The third kappa shape index (κ3) is 3.76. The molecule has 0 unspecified atom stereocenters. The number of rotatable bonds is 5. The van der Waals surface area contributed by atoms with Gasteiger partial charge in [-0.1, -0.05) is 31.5 Å². The number of nitrogens with zero attached hydrogens (tertiary/aromatic N) is 1. The standard InChI is InChI=1S/C24H26N2O5/c1-13(2)21(16-6-8-19-20(12-16)31-10-9-30-19)25-22(27)15(4)26-23(28)17-7-5-14(3)11-18(17)24(26)29/h5-8,11-13,15,21H,9-10H2,1-4H3,(H,25,27)/t15-,21+/m0/s1. The lowest BCUT2D eigenvalue weighted by molar-refractivity contribution is -0.125. The Morgan fingerprint density at radius 2 is 1.61 bits per heavy atom. The molecule has 2 aliphatic rings. The van der Waals surface area contributed by atoms with Crippen LogP contribution in [-0.2, 0) is 4.79 Å². The number of carbonyl (C=O) groups excluding carboxylic acids is 3. The van der Waals surface area contributed by atoms with Crippen LogP contribution in [0.1, 0.15) is 58.7 Å². The van der Waals surface area contributed by atoms with Gasteiger partial charge in [-0.3, -0.25) is 19.3 Å². The van der Waals surface area contributed by atoms with Crippen LogP contribution < -0.4 is 14.8 Å². The Morgan fingerprint density at radius 3 is 2.32 bits per heavy atom. The number of hydrogen-bond acceptors (Lipinski definition) is 5. The maximum atomic E-state index is 13.1. The van der Waals surface area contributed by atoms with Crippen LogP contribution in [0.15, 0.2) is 36.4 Å². The lowest BCUT2D eigenvalue weighted by Crippen LogP contribution is -2.49. The van der Waals surface area contributed by atoms with Crippen molar-refractivity contribution in [2.45, 2.75) is 39.8 Å². The van der Waals surface area contributed by atoms with Crippen molar-refractivity contribution >= 4 is 17.7 Å². The first kappa shape index (κ1) is 20.9. The van der Waals surface area contributed by atoms with Crippen molar-refractivity contribution in [3.8, 4) is 11.5 Å². The normalized spacial score (nSPS) is 16.9. The van der Waals surface area contributed by atoms with Gasteiger partial charge in [0.25, 0.3) is 11.8 Å². The Bertz CT molecular complexity index is 1060. The summed E-state index contributed by atoms with van der Waals surface area (Å²) < 4.78 is 11.2. The highest BCUT2D eigenvalue weighted by Crippen LogP contribution is 2.34. The smallest absolute Gasteiger partial charge is 0.262 e. The van der Waals surface area contributed by atoms with Gasteiger partial charge in [0, 0.05) is 0 Å². The molecule has 0 bridgehead atoms. The third-order valence-corrected chi connectivity index (χ3v) is 5.73. The van der Waals surface area contributed by atoms with Crippen molar-refractivity contribution in [2.24, 2.45) is 5.92 Å². The summed E-state index contributed by atoms with van der Waals surface area (Å²) in [5.74, 6) is 0.129. The van der Waals surface area contributed by atoms with E-state index in [-0.39, 0.29) is 17.9 Å². The Morgan fingerprint density at radius 1 is 0.935 bits per heavy atom. The highest BCUT2D eigenvalue weighted by Gasteiger charge is 2.41. The van der Waals surface area contributed by atoms with Crippen molar-refractivity contribution in [1.82, 2.24) is 10.2 Å². The maximum Gasteiger partial charge on any atom is 0.262 e. The summed E-state index contributed by atoms with van der Waals surface area (Å²) in [7, 11) is 0. The Labute approximate surface area is 181 Å². The average Bonchev–Trinajstić information content (AvgIpc) is 3.00. The molecule has 4 rings (SSSR count). The SMILES string of the molecule is Cc1ccc2c(c1)C(=O)N([C@@H](C)C(=O)N[C@@H](c1ccc3c(c1)OCCO3)C(C)C)C2=O. The fourth-order valence-electron chi connectivity index (χ4n) is 4.00. The number of fused-ring (bicyclic) bond motifs is 2. The summed E-state index contributed by atoms with van der Waals surface area (Å²) in [6, 6.07) is 9.46. The van der Waals surface area contributed by atoms with Crippen LogP contribution in [0.4, 0.5) is 0 Å². The molecule has 0 spiro atoms. The van der Waals surface area contributed by atoms with Crippen LogP contribution in [0.3, 0.4) is 0 Å². The first-order valence-electron chi connectivity index (χ1n) is 10.5. The maximum absolute atomic E-state index is 13.1. The van der Waals surface area contributed by atoms with Gasteiger partial charge in [0.1, 0.15) is 19.3 Å². The number of imide groups is 1. The van der Waals surface area contributed by atoms with E-state index >= 15 is 0 Å². The molecule has 7 nitrogen and oxygen atoms in total. The lowest BCUT2D eigenvalue weighted by Gasteiger charge is -2.28. The molecule has 1 N–H and O–H groups in total. The number of amides is 3. The molecule has 2 heterocycles. The van der Waals surface area contributed by atoms with Gasteiger partial charge < -0.3 is 14.8 Å². The number of ether oxygens (including phenoxy) is 2. The molecular weight excluding hydrogens is 396 g/mol. The fraction of sp³-hybridized carbons (Fsp3) is 0.375. The van der Waals surface area contributed by atoms with Gasteiger partial charge in [0.15, 0.2) is 11.5 Å². The lowest BCUT2D eigenvalue weighted by atomic mass is 9.95. The molecule has 2 aromatic rings. The van der Waals surface area contributed by atoms with Crippen LogP contribution >= 0.6 is 0 Å². The molecular formula is C24H26N2O5. The fourth-order valence-corrected chi connectivity index (χ4v) is 4.00. The Balaban J connectivity index is 1.55. The van der Waals surface area contributed by atoms with E-state index in [1.807, 2.05) is 39.0 Å². The first-order chi connectivity index (χ1) is 14.8. The zero-order valence-corrected chi connectivity index (χ0v) is 18.1. The third-order valence-electron chi connectivity index (χ3n) is 5.73. The van der Waals surface area contributed by atoms with Crippen LogP contribution in [0.25, 0.3) is 0 Å². The van der Waals surface area contributed by atoms with E-state index in [9.17, 15) is 14.4 Å². The number of hydrogen-bond donors (Lipinski definition) is 1. The quantitative estimate of drug-likeness (QED) is 0.748. The van der Waals surface area contributed by atoms with Gasteiger partial charge in [-0.25, -0.2) is 0 Å². The largest absolute Gasteiger partial charge is 0.486 e. The number of aryl methyl sites for hydroxylation is 1. The predicted octanol–water partition coefficient (Wildman–Crippen LogP) is 3.26. The molecule has 0 radical (unpaired) electrons. The minimum atomic E-state index is -0.939. The topological polar surface area (TPSA) is 84.9 Å². The summed E-state index contributed by atoms with van der Waals surface area (Å²) in [5.41, 5.74) is 2.44. The van der Waals surface area contributed by atoms with Crippen molar-refractivity contribution in [2.75, 3.05) is 13.2 Å².